The number of nitrogens with zero attached hydrogens (tertiary/aromatic N) is 1. The summed E-state index contributed by atoms with van der Waals surface area (Å²) in [6.45, 7) is 0.778. The Bertz CT molecular complexity index is 868. The molecule has 0 spiro atoms. The second-order valence-corrected chi connectivity index (χ2v) is 7.50. The van der Waals surface area contributed by atoms with E-state index in [1.807, 2.05) is 0 Å². The number of aromatic nitrogens is 1. The lowest BCUT2D eigenvalue weighted by molar-refractivity contribution is -0.605. The summed E-state index contributed by atoms with van der Waals surface area (Å²) < 4.78 is 17.0. The maximum absolute atomic E-state index is 12.7. The van der Waals surface area contributed by atoms with Gasteiger partial charge in [-0.05, 0) is 37.1 Å². The number of carbonyl (C=O) groups is 1. The predicted molar refractivity (Wildman–Crippen MR) is 116 cm³/mol. The van der Waals surface area contributed by atoms with Gasteiger partial charge in [0.25, 0.3) is 0 Å². The summed E-state index contributed by atoms with van der Waals surface area (Å²) in [4.78, 5) is 12.7. The Hall–Kier alpha value is -1.93. The number of halogens is 3. The lowest BCUT2D eigenvalue weighted by Gasteiger charge is -2.22. The zero-order valence-corrected chi connectivity index (χ0v) is 18.9. The third kappa shape index (κ3) is 5.60. The molecule has 1 fully saturated rings. The molecule has 0 radical (unpaired) electrons. The van der Waals surface area contributed by atoms with Crippen molar-refractivity contribution in [2.75, 3.05) is 20.8 Å². The van der Waals surface area contributed by atoms with Crippen molar-refractivity contribution in [2.24, 2.45) is 0 Å². The number of nitrogens with one attached hydrogen (secondary N) is 1. The van der Waals surface area contributed by atoms with Crippen molar-refractivity contribution in [1.82, 2.24) is 5.32 Å². The molecule has 0 aliphatic carbocycles. The Morgan fingerprint density at radius 2 is 1.90 bits per heavy atom. The third-order valence-corrected chi connectivity index (χ3v) is 5.48. The Balaban J connectivity index is 0.00000320. The molecule has 2 aromatic rings. The number of benzene rings is 1. The van der Waals surface area contributed by atoms with E-state index in [0.29, 0.717) is 27.4 Å². The number of hydrogen-bond acceptors (Lipinski definition) is 6. The summed E-state index contributed by atoms with van der Waals surface area (Å²) in [5.74, 6) is 0.721. The van der Waals surface area contributed by atoms with Crippen molar-refractivity contribution >= 4 is 41.6 Å². The monoisotopic (exact) mass is 476 g/mol. The van der Waals surface area contributed by atoms with Crippen LogP contribution in [0.1, 0.15) is 30.1 Å². The molecule has 2 atom stereocenters. The zero-order valence-electron chi connectivity index (χ0n) is 16.5. The van der Waals surface area contributed by atoms with Gasteiger partial charge >= 0.3 is 5.97 Å². The highest BCUT2D eigenvalue weighted by molar-refractivity contribution is 6.35. The molecule has 2 heterocycles. The van der Waals surface area contributed by atoms with Crippen LogP contribution in [0.25, 0.3) is 0 Å². The van der Waals surface area contributed by atoms with Crippen LogP contribution in [-0.2, 0) is 16.0 Å². The molecule has 10 heteroatoms. The average molecular weight is 478 g/mol. The van der Waals surface area contributed by atoms with E-state index >= 15 is 0 Å². The van der Waals surface area contributed by atoms with Crippen LogP contribution in [-0.4, -0.2) is 32.8 Å². The van der Waals surface area contributed by atoms with E-state index in [1.54, 1.807) is 25.3 Å². The second kappa shape index (κ2) is 10.9. The predicted octanol–water partition coefficient (Wildman–Crippen LogP) is 3.64. The minimum absolute atomic E-state index is 0. The van der Waals surface area contributed by atoms with Crippen molar-refractivity contribution in [3.8, 4) is 11.5 Å². The molecule has 7 nitrogen and oxygen atoms in total. The van der Waals surface area contributed by atoms with Gasteiger partial charge in [-0.2, -0.15) is 4.73 Å². The zero-order chi connectivity index (χ0) is 21.0. The smallest absolute Gasteiger partial charge is 0.323 e. The first-order chi connectivity index (χ1) is 13.9. The number of ether oxygens (including phenoxy) is 3. The highest BCUT2D eigenvalue weighted by Gasteiger charge is 2.29. The Labute approximate surface area is 191 Å². The van der Waals surface area contributed by atoms with Gasteiger partial charge in [0.05, 0.1) is 14.2 Å². The van der Waals surface area contributed by atoms with Crippen LogP contribution in [0.4, 0.5) is 0 Å². The summed E-state index contributed by atoms with van der Waals surface area (Å²) >= 11 is 12.5. The van der Waals surface area contributed by atoms with E-state index < -0.39 is 6.10 Å². The molecule has 1 aliphatic heterocycles. The van der Waals surface area contributed by atoms with Gasteiger partial charge in [0.2, 0.25) is 0 Å². The molecule has 0 amide bonds. The van der Waals surface area contributed by atoms with Gasteiger partial charge in [-0.3, -0.25) is 4.79 Å². The van der Waals surface area contributed by atoms with E-state index in [9.17, 15) is 10.0 Å². The molecular weight excluding hydrogens is 455 g/mol. The topological polar surface area (TPSA) is 83.7 Å². The lowest BCUT2D eigenvalue weighted by Crippen LogP contribution is -2.33. The Morgan fingerprint density at radius 3 is 2.47 bits per heavy atom. The van der Waals surface area contributed by atoms with Gasteiger partial charge in [0, 0.05) is 12.0 Å². The van der Waals surface area contributed by atoms with Crippen LogP contribution in [0.3, 0.4) is 0 Å². The molecule has 1 aliphatic rings. The standard InChI is InChI=1S/C20H22Cl2N2O5.ClH/c1-27-17-6-5-12(8-19(17)28-2)18(29-20(25)16-4-3-7-23-16)9-13-14(21)10-24(26)11-15(13)22;/h5-6,8,10-11,16,18,23H,3-4,7,9H2,1-2H3;1H/t16-,18-;/m0./s1. The van der Waals surface area contributed by atoms with Gasteiger partial charge in [-0.25, -0.2) is 0 Å². The highest BCUT2D eigenvalue weighted by atomic mass is 35.5. The Morgan fingerprint density at radius 1 is 1.23 bits per heavy atom. The summed E-state index contributed by atoms with van der Waals surface area (Å²) in [5.41, 5.74) is 1.22. The molecule has 1 N–H and O–H groups in total. The number of carbonyl (C=O) groups excluding carboxylic acids is 1. The number of hydrogen-bond donors (Lipinski definition) is 1. The van der Waals surface area contributed by atoms with Crippen molar-refractivity contribution < 1.29 is 23.7 Å². The molecule has 3 rings (SSSR count). The highest BCUT2D eigenvalue weighted by Crippen LogP contribution is 2.35. The van der Waals surface area contributed by atoms with Crippen LogP contribution < -0.4 is 19.5 Å². The van der Waals surface area contributed by atoms with E-state index in [0.717, 1.165) is 19.4 Å². The third-order valence-electron chi connectivity index (χ3n) is 4.83. The quantitative estimate of drug-likeness (QED) is 0.372. The van der Waals surface area contributed by atoms with Gasteiger partial charge in [-0.1, -0.05) is 29.3 Å². The number of esters is 1. The molecule has 1 aromatic heterocycles. The van der Waals surface area contributed by atoms with Crippen LogP contribution in [0, 0.1) is 5.21 Å². The van der Waals surface area contributed by atoms with E-state index in [2.05, 4.69) is 5.32 Å². The van der Waals surface area contributed by atoms with Crippen LogP contribution in [0.2, 0.25) is 10.0 Å². The van der Waals surface area contributed by atoms with Crippen LogP contribution in [0.5, 0.6) is 11.5 Å². The maximum atomic E-state index is 12.7. The summed E-state index contributed by atoms with van der Waals surface area (Å²) in [5, 5.41) is 15.1. The molecule has 1 aromatic carbocycles. The summed E-state index contributed by atoms with van der Waals surface area (Å²) in [6.07, 6.45) is 3.60. The van der Waals surface area contributed by atoms with Crippen molar-refractivity contribution in [1.29, 1.82) is 0 Å². The normalized spacial score (nSPS) is 16.5. The number of methoxy groups -OCH3 is 2. The molecular formula is C20H23Cl3N2O5. The molecule has 164 valence electrons. The fourth-order valence-corrected chi connectivity index (χ4v) is 3.90. The van der Waals surface area contributed by atoms with Gasteiger partial charge in [0.1, 0.15) is 22.2 Å². The minimum Gasteiger partial charge on any atom is -0.619 e. The van der Waals surface area contributed by atoms with Gasteiger partial charge in [-0.15, -0.1) is 12.4 Å². The van der Waals surface area contributed by atoms with Crippen molar-refractivity contribution in [2.45, 2.75) is 31.4 Å². The first-order valence-corrected chi connectivity index (χ1v) is 9.91. The summed E-state index contributed by atoms with van der Waals surface area (Å²) in [7, 11) is 3.07. The van der Waals surface area contributed by atoms with Gasteiger partial charge in [0.15, 0.2) is 23.9 Å². The average Bonchev–Trinajstić information content (AvgIpc) is 3.24. The molecule has 0 unspecified atom stereocenters. The molecule has 30 heavy (non-hydrogen) atoms. The van der Waals surface area contributed by atoms with Crippen molar-refractivity contribution in [3.63, 3.8) is 0 Å². The molecule has 1 saturated heterocycles. The van der Waals surface area contributed by atoms with E-state index in [1.165, 1.54) is 19.5 Å². The first kappa shape index (κ1) is 24.3. The SMILES string of the molecule is COc1ccc([C@H](Cc2c(Cl)c[n+]([O-])cc2Cl)OC(=O)[C@@H]2CCCN2)cc1OC.Cl. The Kier molecular flexibility index (Phi) is 8.85. The lowest BCUT2D eigenvalue weighted by atomic mass is 10.0. The van der Waals surface area contributed by atoms with Crippen LogP contribution in [0.15, 0.2) is 30.6 Å². The number of pyridine rings is 1. The van der Waals surface area contributed by atoms with E-state index in [4.69, 9.17) is 37.4 Å². The van der Waals surface area contributed by atoms with Crippen LogP contribution >= 0.6 is 35.6 Å². The van der Waals surface area contributed by atoms with Crippen molar-refractivity contribution in [3.05, 3.63) is 57.0 Å². The largest absolute Gasteiger partial charge is 0.619 e. The number of rotatable bonds is 7. The van der Waals surface area contributed by atoms with E-state index in [-0.39, 0.29) is 40.9 Å². The summed E-state index contributed by atoms with van der Waals surface area (Å²) in [6, 6.07) is 4.93. The second-order valence-electron chi connectivity index (χ2n) is 6.69. The molecule has 0 saturated carbocycles. The maximum Gasteiger partial charge on any atom is 0.323 e. The fourth-order valence-electron chi connectivity index (χ4n) is 3.30. The first-order valence-electron chi connectivity index (χ1n) is 9.15. The van der Waals surface area contributed by atoms with Gasteiger partial charge < -0.3 is 24.7 Å². The molecule has 0 bridgehead atoms. The fraction of sp³-hybridized carbons (Fsp3) is 0.400. The minimum atomic E-state index is -0.679.